The van der Waals surface area contributed by atoms with E-state index in [1.165, 1.54) is 18.2 Å². The van der Waals surface area contributed by atoms with E-state index in [9.17, 15) is 9.18 Å². The molecule has 2 rings (SSSR count). The number of halogens is 1. The maximum atomic E-state index is 13.1. The van der Waals surface area contributed by atoms with Gasteiger partial charge in [-0.05, 0) is 49.7 Å². The van der Waals surface area contributed by atoms with Crippen molar-refractivity contribution in [1.29, 1.82) is 0 Å². The Hall–Kier alpha value is -1.42. The fourth-order valence-electron chi connectivity index (χ4n) is 2.08. The molecule has 1 fully saturated rings. The Kier molecular flexibility index (Phi) is 3.19. The quantitative estimate of drug-likeness (QED) is 0.853. The molecule has 0 unspecified atom stereocenters. The molecule has 0 atom stereocenters. The highest BCUT2D eigenvalue weighted by Crippen LogP contribution is 2.17. The largest absolute Gasteiger partial charge is 0.478 e. The smallest absolute Gasteiger partial charge is 0.336 e. The Labute approximate surface area is 93.5 Å². The SMILES string of the molecule is O=C(O)c1ccc(F)cc1CN1CCCC1. The van der Waals surface area contributed by atoms with Crippen LogP contribution in [0, 0.1) is 5.82 Å². The lowest BCUT2D eigenvalue weighted by atomic mass is 10.1. The molecular formula is C12H14FNO2. The summed E-state index contributed by atoms with van der Waals surface area (Å²) < 4.78 is 13.1. The second-order valence-corrected chi connectivity index (χ2v) is 4.09. The van der Waals surface area contributed by atoms with E-state index >= 15 is 0 Å². The second kappa shape index (κ2) is 4.61. The summed E-state index contributed by atoms with van der Waals surface area (Å²) in [6.07, 6.45) is 2.27. The van der Waals surface area contributed by atoms with E-state index in [0.717, 1.165) is 25.9 Å². The van der Waals surface area contributed by atoms with Crippen molar-refractivity contribution < 1.29 is 14.3 Å². The fraction of sp³-hybridized carbons (Fsp3) is 0.417. The Bertz CT molecular complexity index is 400. The van der Waals surface area contributed by atoms with Gasteiger partial charge in [-0.2, -0.15) is 0 Å². The summed E-state index contributed by atoms with van der Waals surface area (Å²) in [7, 11) is 0. The van der Waals surface area contributed by atoms with Crippen molar-refractivity contribution in [2.24, 2.45) is 0 Å². The molecule has 0 saturated carbocycles. The van der Waals surface area contributed by atoms with Gasteiger partial charge in [-0.15, -0.1) is 0 Å². The maximum absolute atomic E-state index is 13.1. The molecule has 0 aliphatic carbocycles. The van der Waals surface area contributed by atoms with Gasteiger partial charge in [0.1, 0.15) is 5.82 Å². The molecule has 0 aromatic heterocycles. The molecular weight excluding hydrogens is 209 g/mol. The maximum Gasteiger partial charge on any atom is 0.336 e. The van der Waals surface area contributed by atoms with E-state index < -0.39 is 5.97 Å². The average Bonchev–Trinajstić information content (AvgIpc) is 2.70. The zero-order chi connectivity index (χ0) is 11.5. The molecule has 0 spiro atoms. The van der Waals surface area contributed by atoms with Gasteiger partial charge in [0.15, 0.2) is 0 Å². The van der Waals surface area contributed by atoms with Gasteiger partial charge in [-0.1, -0.05) is 0 Å². The molecule has 4 heteroatoms. The summed E-state index contributed by atoms with van der Waals surface area (Å²) in [6, 6.07) is 3.85. The number of carbonyl (C=O) groups is 1. The van der Waals surface area contributed by atoms with Crippen molar-refractivity contribution >= 4 is 5.97 Å². The minimum Gasteiger partial charge on any atom is -0.478 e. The van der Waals surface area contributed by atoms with Crippen LogP contribution in [0.1, 0.15) is 28.8 Å². The zero-order valence-electron chi connectivity index (χ0n) is 8.95. The molecule has 0 radical (unpaired) electrons. The van der Waals surface area contributed by atoms with Gasteiger partial charge in [0.2, 0.25) is 0 Å². The van der Waals surface area contributed by atoms with E-state index in [0.29, 0.717) is 12.1 Å². The van der Waals surface area contributed by atoms with Crippen molar-refractivity contribution in [3.8, 4) is 0 Å². The third-order valence-electron chi connectivity index (χ3n) is 2.89. The summed E-state index contributed by atoms with van der Waals surface area (Å²) in [4.78, 5) is 13.1. The van der Waals surface area contributed by atoms with E-state index in [1.54, 1.807) is 0 Å². The highest BCUT2D eigenvalue weighted by molar-refractivity contribution is 5.89. The van der Waals surface area contributed by atoms with E-state index in [4.69, 9.17) is 5.11 Å². The van der Waals surface area contributed by atoms with Crippen LogP contribution < -0.4 is 0 Å². The second-order valence-electron chi connectivity index (χ2n) is 4.09. The molecule has 16 heavy (non-hydrogen) atoms. The summed E-state index contributed by atoms with van der Waals surface area (Å²) in [5.74, 6) is -1.37. The highest BCUT2D eigenvalue weighted by atomic mass is 19.1. The van der Waals surface area contributed by atoms with Crippen molar-refractivity contribution in [2.45, 2.75) is 19.4 Å². The van der Waals surface area contributed by atoms with Crippen LogP contribution in [0.15, 0.2) is 18.2 Å². The molecule has 86 valence electrons. The summed E-state index contributed by atoms with van der Waals surface area (Å²) in [5.41, 5.74) is 0.766. The first-order chi connectivity index (χ1) is 7.66. The minimum atomic E-state index is -0.991. The minimum absolute atomic E-state index is 0.202. The third-order valence-corrected chi connectivity index (χ3v) is 2.89. The number of likely N-dealkylation sites (tertiary alicyclic amines) is 1. The van der Waals surface area contributed by atoms with Crippen LogP contribution in [0.25, 0.3) is 0 Å². The lowest BCUT2D eigenvalue weighted by Gasteiger charge is -2.16. The van der Waals surface area contributed by atoms with Crippen molar-refractivity contribution in [2.75, 3.05) is 13.1 Å². The van der Waals surface area contributed by atoms with Crippen LogP contribution in [0.2, 0.25) is 0 Å². The number of hydrogen-bond donors (Lipinski definition) is 1. The monoisotopic (exact) mass is 223 g/mol. The molecule has 1 aromatic carbocycles. The van der Waals surface area contributed by atoms with Gasteiger partial charge in [-0.3, -0.25) is 4.90 Å². The van der Waals surface area contributed by atoms with E-state index in [-0.39, 0.29) is 11.4 Å². The topological polar surface area (TPSA) is 40.5 Å². The lowest BCUT2D eigenvalue weighted by Crippen LogP contribution is -2.20. The van der Waals surface area contributed by atoms with Gasteiger partial charge in [0.25, 0.3) is 0 Å². The molecule has 3 nitrogen and oxygen atoms in total. The number of aromatic carboxylic acids is 1. The zero-order valence-corrected chi connectivity index (χ0v) is 8.95. The summed E-state index contributed by atoms with van der Waals surface area (Å²) in [5, 5.41) is 8.99. The predicted molar refractivity (Wildman–Crippen MR) is 57.9 cm³/mol. The summed E-state index contributed by atoms with van der Waals surface area (Å²) >= 11 is 0. The first kappa shape index (κ1) is 11.1. The van der Waals surface area contributed by atoms with Crippen molar-refractivity contribution in [3.05, 3.63) is 35.1 Å². The molecule has 1 saturated heterocycles. The first-order valence-corrected chi connectivity index (χ1v) is 5.41. The molecule has 1 aliphatic rings. The third kappa shape index (κ3) is 2.39. The number of carboxylic acids is 1. The number of benzene rings is 1. The number of nitrogens with zero attached hydrogens (tertiary/aromatic N) is 1. The van der Waals surface area contributed by atoms with Gasteiger partial charge in [0.05, 0.1) is 5.56 Å². The van der Waals surface area contributed by atoms with Crippen molar-refractivity contribution in [1.82, 2.24) is 4.90 Å². The molecule has 1 aromatic rings. The molecule has 1 N–H and O–H groups in total. The van der Waals surface area contributed by atoms with E-state index in [2.05, 4.69) is 4.90 Å². The van der Waals surface area contributed by atoms with Crippen molar-refractivity contribution in [3.63, 3.8) is 0 Å². The Morgan fingerprint density at radius 1 is 1.38 bits per heavy atom. The van der Waals surface area contributed by atoms with Crippen LogP contribution in [-0.2, 0) is 6.54 Å². The highest BCUT2D eigenvalue weighted by Gasteiger charge is 2.16. The number of rotatable bonds is 3. The average molecular weight is 223 g/mol. The van der Waals surface area contributed by atoms with Gasteiger partial charge in [-0.25, -0.2) is 9.18 Å². The van der Waals surface area contributed by atoms with Crippen LogP contribution >= 0.6 is 0 Å². The first-order valence-electron chi connectivity index (χ1n) is 5.41. The van der Waals surface area contributed by atoms with Gasteiger partial charge >= 0.3 is 5.97 Å². The van der Waals surface area contributed by atoms with Crippen LogP contribution in [-0.4, -0.2) is 29.1 Å². The molecule has 1 aliphatic heterocycles. The molecule has 1 heterocycles. The standard InChI is InChI=1S/C12H14FNO2/c13-10-3-4-11(12(15)16)9(7-10)8-14-5-1-2-6-14/h3-4,7H,1-2,5-6,8H2,(H,15,16). The number of carboxylic acid groups (broad SMARTS) is 1. The van der Waals surface area contributed by atoms with Crippen LogP contribution in [0.4, 0.5) is 4.39 Å². The molecule has 0 bridgehead atoms. The Balaban J connectivity index is 2.22. The van der Waals surface area contributed by atoms with Gasteiger partial charge < -0.3 is 5.11 Å². The van der Waals surface area contributed by atoms with Gasteiger partial charge in [0, 0.05) is 6.54 Å². The van der Waals surface area contributed by atoms with Crippen LogP contribution in [0.3, 0.4) is 0 Å². The lowest BCUT2D eigenvalue weighted by molar-refractivity contribution is 0.0694. The normalized spacial score (nSPS) is 16.6. The number of hydrogen-bond acceptors (Lipinski definition) is 2. The van der Waals surface area contributed by atoms with Crippen LogP contribution in [0.5, 0.6) is 0 Å². The Morgan fingerprint density at radius 3 is 2.69 bits per heavy atom. The predicted octanol–water partition coefficient (Wildman–Crippen LogP) is 2.12. The Morgan fingerprint density at radius 2 is 2.06 bits per heavy atom. The molecule has 0 amide bonds. The fourth-order valence-corrected chi connectivity index (χ4v) is 2.08. The summed E-state index contributed by atoms with van der Waals surface area (Å²) in [6.45, 7) is 2.46. The van der Waals surface area contributed by atoms with E-state index in [1.807, 2.05) is 0 Å².